The quantitative estimate of drug-likeness (QED) is 0.499. The molecule has 1 aliphatic carbocycles. The Bertz CT molecular complexity index is 1150. The van der Waals surface area contributed by atoms with Crippen molar-refractivity contribution >= 4 is 23.4 Å². The normalized spacial score (nSPS) is 14.8. The number of furan rings is 2. The molecule has 0 spiro atoms. The van der Waals surface area contributed by atoms with E-state index in [4.69, 9.17) is 8.83 Å². The molecule has 3 aromatic rings. The summed E-state index contributed by atoms with van der Waals surface area (Å²) >= 11 is 0. The fraction of sp³-hybridized carbons (Fsp3) is 0.370. The molecule has 3 amide bonds. The highest BCUT2D eigenvalue weighted by Crippen LogP contribution is 2.32. The van der Waals surface area contributed by atoms with Gasteiger partial charge in [0.25, 0.3) is 11.8 Å². The van der Waals surface area contributed by atoms with Gasteiger partial charge in [-0.15, -0.1) is 0 Å². The molecular formula is C27H31N3O5. The van der Waals surface area contributed by atoms with Crippen LogP contribution in [0.1, 0.15) is 65.6 Å². The Morgan fingerprint density at radius 3 is 2.40 bits per heavy atom. The smallest absolute Gasteiger partial charge is 0.287 e. The molecule has 2 aromatic heterocycles. The highest BCUT2D eigenvalue weighted by Gasteiger charge is 2.36. The van der Waals surface area contributed by atoms with Crippen LogP contribution in [-0.4, -0.2) is 30.3 Å². The maximum Gasteiger partial charge on any atom is 0.287 e. The van der Waals surface area contributed by atoms with Crippen molar-refractivity contribution in [2.75, 3.05) is 11.4 Å². The Morgan fingerprint density at radius 1 is 1.00 bits per heavy atom. The number of hydrogen-bond acceptors (Lipinski definition) is 5. The van der Waals surface area contributed by atoms with E-state index in [-0.39, 0.29) is 24.3 Å². The fourth-order valence-electron chi connectivity index (χ4n) is 4.58. The van der Waals surface area contributed by atoms with E-state index in [9.17, 15) is 14.4 Å². The zero-order chi connectivity index (χ0) is 24.8. The molecule has 1 fully saturated rings. The summed E-state index contributed by atoms with van der Waals surface area (Å²) in [6.45, 7) is 3.54. The highest BCUT2D eigenvalue weighted by atomic mass is 16.3. The van der Waals surface area contributed by atoms with Crippen molar-refractivity contribution in [2.45, 2.75) is 58.0 Å². The maximum atomic E-state index is 13.7. The van der Waals surface area contributed by atoms with Gasteiger partial charge in [0, 0.05) is 11.7 Å². The van der Waals surface area contributed by atoms with E-state index in [0.717, 1.165) is 43.2 Å². The molecule has 1 aliphatic rings. The Labute approximate surface area is 204 Å². The van der Waals surface area contributed by atoms with Crippen LogP contribution in [0.25, 0.3) is 0 Å². The second-order valence-corrected chi connectivity index (χ2v) is 8.98. The fourth-order valence-corrected chi connectivity index (χ4v) is 4.58. The third kappa shape index (κ3) is 5.82. The third-order valence-corrected chi connectivity index (χ3v) is 6.30. The molecule has 8 nitrogen and oxygen atoms in total. The van der Waals surface area contributed by atoms with E-state index < -0.39 is 17.9 Å². The number of amides is 3. The minimum Gasteiger partial charge on any atom is -0.467 e. The van der Waals surface area contributed by atoms with Gasteiger partial charge in [-0.1, -0.05) is 37.0 Å². The van der Waals surface area contributed by atoms with Crippen molar-refractivity contribution in [3.05, 3.63) is 77.6 Å². The van der Waals surface area contributed by atoms with Crippen LogP contribution in [0, 0.1) is 13.8 Å². The molecule has 0 saturated heterocycles. The molecule has 0 bridgehead atoms. The van der Waals surface area contributed by atoms with Gasteiger partial charge in [0.2, 0.25) is 5.91 Å². The van der Waals surface area contributed by atoms with Crippen molar-refractivity contribution in [3.63, 3.8) is 0 Å². The van der Waals surface area contributed by atoms with Crippen molar-refractivity contribution in [2.24, 2.45) is 0 Å². The third-order valence-electron chi connectivity index (χ3n) is 6.30. The molecule has 1 saturated carbocycles. The number of rotatable bonds is 8. The number of hydrogen-bond donors (Lipinski definition) is 2. The number of nitrogens with zero attached hydrogens (tertiary/aromatic N) is 1. The number of carbonyl (C=O) groups is 3. The van der Waals surface area contributed by atoms with Crippen molar-refractivity contribution in [1.82, 2.24) is 10.6 Å². The van der Waals surface area contributed by atoms with E-state index >= 15 is 0 Å². The van der Waals surface area contributed by atoms with Crippen LogP contribution in [0.5, 0.6) is 0 Å². The summed E-state index contributed by atoms with van der Waals surface area (Å²) in [6, 6.07) is 11.2. The second-order valence-electron chi connectivity index (χ2n) is 8.98. The van der Waals surface area contributed by atoms with Gasteiger partial charge in [-0.2, -0.15) is 0 Å². The van der Waals surface area contributed by atoms with Gasteiger partial charge in [0.15, 0.2) is 11.8 Å². The molecule has 4 rings (SSSR count). The van der Waals surface area contributed by atoms with E-state index in [2.05, 4.69) is 10.6 Å². The predicted octanol–water partition coefficient (Wildman–Crippen LogP) is 4.44. The van der Waals surface area contributed by atoms with Gasteiger partial charge in [-0.25, -0.2) is 0 Å². The average Bonchev–Trinajstić information content (AvgIpc) is 3.56. The minimum absolute atomic E-state index is 0.0587. The van der Waals surface area contributed by atoms with Gasteiger partial charge >= 0.3 is 0 Å². The van der Waals surface area contributed by atoms with Gasteiger partial charge in [0.05, 0.1) is 19.1 Å². The summed E-state index contributed by atoms with van der Waals surface area (Å²) < 4.78 is 10.8. The molecule has 2 N–H and O–H groups in total. The largest absolute Gasteiger partial charge is 0.467 e. The minimum atomic E-state index is -1.03. The van der Waals surface area contributed by atoms with Gasteiger partial charge in [0.1, 0.15) is 5.76 Å². The molecule has 184 valence electrons. The lowest BCUT2D eigenvalue weighted by atomic mass is 9.95. The lowest BCUT2D eigenvalue weighted by Crippen LogP contribution is -2.49. The SMILES string of the molecule is Cc1ccc(N(C(=O)CNC(=O)c2ccco2)C(C(=O)NC2CCCCC2)c2ccco2)c(C)c1. The van der Waals surface area contributed by atoms with Crippen LogP contribution in [-0.2, 0) is 9.59 Å². The van der Waals surface area contributed by atoms with E-state index in [1.54, 1.807) is 18.2 Å². The molecule has 2 heterocycles. The van der Waals surface area contributed by atoms with Crippen molar-refractivity contribution in [1.29, 1.82) is 0 Å². The van der Waals surface area contributed by atoms with Crippen LogP contribution in [0.3, 0.4) is 0 Å². The Hall–Kier alpha value is -3.81. The van der Waals surface area contributed by atoms with Gasteiger partial charge in [-0.05, 0) is 62.6 Å². The summed E-state index contributed by atoms with van der Waals surface area (Å²) in [5.41, 5.74) is 2.44. The second kappa shape index (κ2) is 11.1. The summed E-state index contributed by atoms with van der Waals surface area (Å²) in [5.74, 6) is -0.808. The topological polar surface area (TPSA) is 105 Å². The molecule has 0 aliphatic heterocycles. The molecular weight excluding hydrogens is 446 g/mol. The Kier molecular flexibility index (Phi) is 7.70. The van der Waals surface area contributed by atoms with Crippen molar-refractivity contribution in [3.8, 4) is 0 Å². The lowest BCUT2D eigenvalue weighted by molar-refractivity contribution is -0.127. The first kappa shape index (κ1) is 24.3. The van der Waals surface area contributed by atoms with Crippen LogP contribution in [0.4, 0.5) is 5.69 Å². The summed E-state index contributed by atoms with van der Waals surface area (Å²) in [5, 5.41) is 5.74. The van der Waals surface area contributed by atoms with E-state index in [1.165, 1.54) is 23.5 Å². The van der Waals surface area contributed by atoms with E-state index in [0.29, 0.717) is 11.4 Å². The predicted molar refractivity (Wildman–Crippen MR) is 131 cm³/mol. The van der Waals surface area contributed by atoms with Crippen LogP contribution in [0.15, 0.2) is 63.8 Å². The lowest BCUT2D eigenvalue weighted by Gasteiger charge is -2.33. The molecule has 1 aromatic carbocycles. The van der Waals surface area contributed by atoms with Crippen LogP contribution in [0.2, 0.25) is 0 Å². The first-order valence-electron chi connectivity index (χ1n) is 12.0. The number of benzene rings is 1. The zero-order valence-corrected chi connectivity index (χ0v) is 20.1. The molecule has 0 radical (unpaired) electrons. The summed E-state index contributed by atoms with van der Waals surface area (Å²) in [7, 11) is 0. The summed E-state index contributed by atoms with van der Waals surface area (Å²) in [4.78, 5) is 41.1. The van der Waals surface area contributed by atoms with Gasteiger partial charge < -0.3 is 19.5 Å². The number of nitrogens with one attached hydrogen (secondary N) is 2. The van der Waals surface area contributed by atoms with Crippen LogP contribution >= 0.6 is 0 Å². The molecule has 8 heteroatoms. The average molecular weight is 478 g/mol. The molecule has 35 heavy (non-hydrogen) atoms. The molecule has 1 unspecified atom stereocenters. The zero-order valence-electron chi connectivity index (χ0n) is 20.1. The number of aryl methyl sites for hydroxylation is 2. The monoisotopic (exact) mass is 477 g/mol. The Balaban J connectivity index is 1.66. The standard InChI is InChI=1S/C27H31N3O5/c1-18-12-13-21(19(2)16-18)30(24(31)17-28-26(32)23-11-7-15-35-23)25(22-10-6-14-34-22)27(33)29-20-8-4-3-5-9-20/h6-7,10-16,20,25H,3-5,8-9,17H2,1-2H3,(H,28,32)(H,29,33). The van der Waals surface area contributed by atoms with Crippen molar-refractivity contribution < 1.29 is 23.2 Å². The number of anilines is 1. The highest BCUT2D eigenvalue weighted by molar-refractivity contribution is 6.04. The Morgan fingerprint density at radius 2 is 1.74 bits per heavy atom. The maximum absolute atomic E-state index is 13.7. The van der Waals surface area contributed by atoms with E-state index in [1.807, 2.05) is 32.0 Å². The molecule has 1 atom stereocenters. The first-order valence-corrected chi connectivity index (χ1v) is 12.0. The number of carbonyl (C=O) groups excluding carboxylic acids is 3. The first-order chi connectivity index (χ1) is 16.9. The van der Waals surface area contributed by atoms with Crippen LogP contribution < -0.4 is 15.5 Å². The summed E-state index contributed by atoms with van der Waals surface area (Å²) in [6.07, 6.45) is 7.99. The van der Waals surface area contributed by atoms with Gasteiger partial charge in [-0.3, -0.25) is 19.3 Å².